The molecule has 0 aromatic carbocycles. The van der Waals surface area contributed by atoms with Crippen molar-refractivity contribution in [3.63, 3.8) is 0 Å². The monoisotopic (exact) mass is 960 g/mol. The van der Waals surface area contributed by atoms with Crippen molar-refractivity contribution in [1.82, 2.24) is 5.32 Å². The van der Waals surface area contributed by atoms with E-state index in [1.165, 1.54) is 89.9 Å². The molecule has 0 radical (unpaired) electrons. The van der Waals surface area contributed by atoms with Gasteiger partial charge in [0, 0.05) is 12.8 Å². The molecule has 0 saturated heterocycles. The second-order valence-electron chi connectivity index (χ2n) is 19.4. The van der Waals surface area contributed by atoms with Crippen LogP contribution in [0.2, 0.25) is 0 Å². The largest absolute Gasteiger partial charge is 0.472 e. The lowest BCUT2D eigenvalue weighted by molar-refractivity contribution is -0.870. The zero-order chi connectivity index (χ0) is 49.4. The summed E-state index contributed by atoms with van der Waals surface area (Å²) in [5.74, 6) is -0.566. The summed E-state index contributed by atoms with van der Waals surface area (Å²) in [6, 6.07) is -0.872. The van der Waals surface area contributed by atoms with Crippen molar-refractivity contribution in [2.75, 3.05) is 40.9 Å². The molecular formula is C57H104N2O7P+. The Labute approximate surface area is 413 Å². The molecule has 0 spiro atoms. The number of hydrogen-bond acceptors (Lipinski definition) is 6. The van der Waals surface area contributed by atoms with Gasteiger partial charge in [-0.3, -0.25) is 18.6 Å². The second-order valence-corrected chi connectivity index (χ2v) is 20.9. The molecule has 388 valence electrons. The number of rotatable bonds is 48. The van der Waals surface area contributed by atoms with Crippen LogP contribution in [-0.4, -0.2) is 74.3 Å². The van der Waals surface area contributed by atoms with Crippen molar-refractivity contribution in [3.8, 4) is 0 Å². The summed E-state index contributed by atoms with van der Waals surface area (Å²) < 4.78 is 30.5. The van der Waals surface area contributed by atoms with E-state index >= 15 is 0 Å². The minimum atomic E-state index is -4.45. The highest BCUT2D eigenvalue weighted by Crippen LogP contribution is 2.43. The zero-order valence-electron chi connectivity index (χ0n) is 44.1. The van der Waals surface area contributed by atoms with Gasteiger partial charge in [-0.25, -0.2) is 4.57 Å². The fourth-order valence-electron chi connectivity index (χ4n) is 7.41. The van der Waals surface area contributed by atoms with Crippen LogP contribution in [0.4, 0.5) is 0 Å². The number of nitrogens with zero attached hydrogens (tertiary/aromatic N) is 1. The number of quaternary nitrogens is 1. The molecule has 2 N–H and O–H groups in total. The number of amides is 1. The van der Waals surface area contributed by atoms with Gasteiger partial charge in [0.15, 0.2) is 0 Å². The zero-order valence-corrected chi connectivity index (χ0v) is 45.0. The molecule has 0 aliphatic rings. The highest BCUT2D eigenvalue weighted by Gasteiger charge is 2.30. The lowest BCUT2D eigenvalue weighted by Gasteiger charge is -2.27. The Bertz CT molecular complexity index is 1380. The van der Waals surface area contributed by atoms with E-state index in [-0.39, 0.29) is 31.5 Å². The number of likely N-dealkylation sites (N-methyl/N-ethyl adjacent to an activating group) is 1. The first-order chi connectivity index (χ1) is 32.4. The highest BCUT2D eigenvalue weighted by molar-refractivity contribution is 7.47. The van der Waals surface area contributed by atoms with Crippen molar-refractivity contribution < 1.29 is 37.3 Å². The minimum Gasteiger partial charge on any atom is -0.456 e. The van der Waals surface area contributed by atoms with Gasteiger partial charge in [0.1, 0.15) is 19.3 Å². The van der Waals surface area contributed by atoms with Crippen LogP contribution in [0, 0.1) is 0 Å². The van der Waals surface area contributed by atoms with Gasteiger partial charge in [-0.05, 0) is 89.5 Å². The molecule has 3 atom stereocenters. The molecule has 0 bridgehead atoms. The van der Waals surface area contributed by atoms with Crippen LogP contribution in [0.25, 0.3) is 0 Å². The van der Waals surface area contributed by atoms with E-state index in [1.807, 2.05) is 33.3 Å². The summed E-state index contributed by atoms with van der Waals surface area (Å²) >= 11 is 0. The summed E-state index contributed by atoms with van der Waals surface area (Å²) in [5.41, 5.74) is 0. The molecule has 0 aromatic rings. The van der Waals surface area contributed by atoms with Crippen LogP contribution < -0.4 is 5.32 Å². The predicted molar refractivity (Wildman–Crippen MR) is 286 cm³/mol. The van der Waals surface area contributed by atoms with Gasteiger partial charge in [0.2, 0.25) is 5.91 Å². The SMILES string of the molecule is CC/C=C/C/C=C/C/C=C/CCCCCCC(=O)OC(/C=C/CCCCCCCCCCC)C(COP(=O)(O)OCC[N+](C)(C)C)NC(=O)CCCCC/C=C/C=C/CCCCCCCCC. The van der Waals surface area contributed by atoms with E-state index in [9.17, 15) is 19.0 Å². The van der Waals surface area contributed by atoms with Crippen molar-refractivity contribution in [2.24, 2.45) is 0 Å². The van der Waals surface area contributed by atoms with E-state index in [4.69, 9.17) is 13.8 Å². The lowest BCUT2D eigenvalue weighted by Crippen LogP contribution is -2.47. The molecule has 0 saturated carbocycles. The topological polar surface area (TPSA) is 111 Å². The standard InChI is InChI=1S/C57H103N2O7P/c1-7-10-13-16-19-22-25-27-29-30-31-34-37-40-43-46-49-56(60)58-54(53-65-67(62,63)64-52-51-59(4,5)6)55(48-45-42-39-36-33-24-21-18-15-12-9-3)66-57(61)50-47-44-41-38-35-32-28-26-23-20-17-14-11-8-2/h11,14,20,23,28-32,34,45,48,54-55H,7-10,12-13,15-19,21-22,24-27,33,35-44,46-47,49-53H2,1-6H3,(H-,58,60,62,63)/p+1/b14-11+,23-20+,30-29+,32-28+,34-31+,48-45+. The number of phosphoric acid groups is 1. The Kier molecular flexibility index (Phi) is 45.3. The maximum atomic E-state index is 13.4. The van der Waals surface area contributed by atoms with Gasteiger partial charge in [0.25, 0.3) is 0 Å². The number of nitrogens with one attached hydrogen (secondary N) is 1. The fraction of sp³-hybridized carbons (Fsp3) is 0.754. The van der Waals surface area contributed by atoms with Crippen LogP contribution in [-0.2, 0) is 27.9 Å². The average Bonchev–Trinajstić information content (AvgIpc) is 3.28. The Morgan fingerprint density at radius 2 is 1.00 bits per heavy atom. The molecule has 0 fully saturated rings. The van der Waals surface area contributed by atoms with E-state index in [1.54, 1.807) is 0 Å². The summed E-state index contributed by atoms with van der Waals surface area (Å²) in [6.45, 7) is 6.83. The van der Waals surface area contributed by atoms with Gasteiger partial charge in [-0.1, -0.05) is 197 Å². The van der Waals surface area contributed by atoms with E-state index < -0.39 is 20.0 Å². The molecule has 0 aromatic heterocycles. The molecule has 10 heteroatoms. The van der Waals surface area contributed by atoms with E-state index in [2.05, 4.69) is 86.8 Å². The first-order valence-electron chi connectivity index (χ1n) is 27.3. The first-order valence-corrected chi connectivity index (χ1v) is 28.8. The summed E-state index contributed by atoms with van der Waals surface area (Å²) in [4.78, 5) is 37.4. The molecule has 0 aliphatic carbocycles. The number of carbonyl (C=O) groups is 2. The number of carbonyl (C=O) groups excluding carboxylic acids is 2. The third-order valence-electron chi connectivity index (χ3n) is 11.7. The number of esters is 1. The lowest BCUT2D eigenvalue weighted by atomic mass is 10.1. The molecule has 9 nitrogen and oxygen atoms in total. The van der Waals surface area contributed by atoms with E-state index in [0.29, 0.717) is 30.3 Å². The predicted octanol–water partition coefficient (Wildman–Crippen LogP) is 16.1. The molecule has 3 unspecified atom stereocenters. The maximum absolute atomic E-state index is 13.4. The number of allylic oxidation sites excluding steroid dienone is 11. The summed E-state index contributed by atoms with van der Waals surface area (Å²) in [6.07, 6.45) is 59.0. The molecule has 1 amide bonds. The smallest absolute Gasteiger partial charge is 0.456 e. The van der Waals surface area contributed by atoms with Crippen molar-refractivity contribution in [3.05, 3.63) is 72.9 Å². The van der Waals surface area contributed by atoms with Crippen molar-refractivity contribution >= 4 is 19.7 Å². The van der Waals surface area contributed by atoms with Gasteiger partial charge < -0.3 is 19.4 Å². The van der Waals surface area contributed by atoms with Gasteiger partial charge >= 0.3 is 13.8 Å². The minimum absolute atomic E-state index is 0.0287. The molecular weight excluding hydrogens is 856 g/mol. The Morgan fingerprint density at radius 1 is 0.552 bits per heavy atom. The van der Waals surface area contributed by atoms with Crippen molar-refractivity contribution in [1.29, 1.82) is 0 Å². The first kappa shape index (κ1) is 64.5. The van der Waals surface area contributed by atoms with Crippen LogP contribution in [0.15, 0.2) is 72.9 Å². The Balaban J connectivity index is 5.46. The highest BCUT2D eigenvalue weighted by atomic mass is 31.2. The van der Waals surface area contributed by atoms with E-state index in [0.717, 1.165) is 89.9 Å². The molecule has 0 rings (SSSR count). The van der Waals surface area contributed by atoms with Gasteiger partial charge in [-0.15, -0.1) is 0 Å². The number of hydrogen-bond donors (Lipinski definition) is 2. The van der Waals surface area contributed by atoms with Gasteiger partial charge in [-0.2, -0.15) is 0 Å². The van der Waals surface area contributed by atoms with Crippen LogP contribution >= 0.6 is 7.82 Å². The summed E-state index contributed by atoms with van der Waals surface area (Å²) in [7, 11) is 1.46. The van der Waals surface area contributed by atoms with Crippen LogP contribution in [0.1, 0.15) is 226 Å². The quantitative estimate of drug-likeness (QED) is 0.0156. The summed E-state index contributed by atoms with van der Waals surface area (Å²) in [5, 5.41) is 3.02. The van der Waals surface area contributed by atoms with Gasteiger partial charge in [0.05, 0.1) is 33.8 Å². The third kappa shape index (κ3) is 48.3. The average molecular weight is 960 g/mol. The fourth-order valence-corrected chi connectivity index (χ4v) is 8.15. The maximum Gasteiger partial charge on any atom is 0.472 e. The number of unbranched alkanes of at least 4 members (excludes halogenated alkanes) is 23. The van der Waals surface area contributed by atoms with Crippen LogP contribution in [0.3, 0.4) is 0 Å². The number of ether oxygens (including phenoxy) is 1. The molecule has 67 heavy (non-hydrogen) atoms. The van der Waals surface area contributed by atoms with Crippen LogP contribution in [0.5, 0.6) is 0 Å². The Hall–Kier alpha value is -2.55. The molecule has 0 aliphatic heterocycles. The molecule has 0 heterocycles. The van der Waals surface area contributed by atoms with Crippen molar-refractivity contribution in [2.45, 2.75) is 238 Å². The second kappa shape index (κ2) is 47.1. The normalized spacial score (nSPS) is 14.4. The number of phosphoric ester groups is 1. The third-order valence-corrected chi connectivity index (χ3v) is 12.6. The Morgan fingerprint density at radius 3 is 1.54 bits per heavy atom.